The van der Waals surface area contributed by atoms with Crippen molar-refractivity contribution in [3.8, 4) is 0 Å². The van der Waals surface area contributed by atoms with Crippen LogP contribution in [0.2, 0.25) is 0 Å². The number of thiazole rings is 1. The van der Waals surface area contributed by atoms with Crippen molar-refractivity contribution in [2.45, 2.75) is 39.2 Å². The predicted octanol–water partition coefficient (Wildman–Crippen LogP) is 2.50. The van der Waals surface area contributed by atoms with Gasteiger partial charge in [0, 0.05) is 43.8 Å². The smallest absolute Gasteiger partial charge is 0.274 e. The molecule has 1 saturated heterocycles. The zero-order valence-corrected chi connectivity index (χ0v) is 15.5. The van der Waals surface area contributed by atoms with E-state index in [1.165, 1.54) is 24.2 Å². The molecule has 6 nitrogen and oxygen atoms in total. The third-order valence-electron chi connectivity index (χ3n) is 5.24. The fourth-order valence-corrected chi connectivity index (χ4v) is 4.24. The van der Waals surface area contributed by atoms with Crippen LogP contribution in [0.4, 0.5) is 0 Å². The SMILES string of the molecule is CC(C)[C@@H]1CN(C(=O)c2cn3ccsc3n2)CCC(=O)N1CC1CC1. The van der Waals surface area contributed by atoms with E-state index < -0.39 is 0 Å². The molecule has 0 spiro atoms. The molecule has 2 aromatic rings. The van der Waals surface area contributed by atoms with Crippen LogP contribution in [0, 0.1) is 11.8 Å². The molecule has 2 aliphatic rings. The number of aromatic nitrogens is 2. The van der Waals surface area contributed by atoms with Crippen molar-refractivity contribution in [3.05, 3.63) is 23.5 Å². The normalized spacial score (nSPS) is 22.0. The Morgan fingerprint density at radius 2 is 2.20 bits per heavy atom. The molecule has 1 atom stereocenters. The van der Waals surface area contributed by atoms with Gasteiger partial charge in [0.1, 0.15) is 5.69 Å². The molecule has 25 heavy (non-hydrogen) atoms. The second kappa shape index (κ2) is 6.44. The summed E-state index contributed by atoms with van der Waals surface area (Å²) in [5, 5.41) is 1.95. The first-order chi connectivity index (χ1) is 12.0. The van der Waals surface area contributed by atoms with E-state index in [0.717, 1.165) is 11.5 Å². The Balaban J connectivity index is 1.56. The summed E-state index contributed by atoms with van der Waals surface area (Å²) in [5.74, 6) is 1.10. The maximum absolute atomic E-state index is 13.0. The molecule has 2 amide bonds. The molecule has 4 rings (SSSR count). The van der Waals surface area contributed by atoms with Crippen LogP contribution in [0.5, 0.6) is 0 Å². The molecule has 134 valence electrons. The van der Waals surface area contributed by atoms with Crippen molar-refractivity contribution in [1.82, 2.24) is 19.2 Å². The van der Waals surface area contributed by atoms with Crippen LogP contribution in [0.25, 0.3) is 4.96 Å². The quantitative estimate of drug-likeness (QED) is 0.842. The van der Waals surface area contributed by atoms with Gasteiger partial charge in [0.25, 0.3) is 5.91 Å². The van der Waals surface area contributed by atoms with Gasteiger partial charge in [-0.2, -0.15) is 0 Å². The van der Waals surface area contributed by atoms with E-state index >= 15 is 0 Å². The van der Waals surface area contributed by atoms with E-state index in [1.54, 1.807) is 6.20 Å². The lowest BCUT2D eigenvalue weighted by Gasteiger charge is -2.34. The molecule has 7 heteroatoms. The highest BCUT2D eigenvalue weighted by Crippen LogP contribution is 2.32. The minimum atomic E-state index is -0.0670. The zero-order valence-electron chi connectivity index (χ0n) is 14.7. The third-order valence-corrected chi connectivity index (χ3v) is 6.02. The molecule has 2 fully saturated rings. The summed E-state index contributed by atoms with van der Waals surface area (Å²) in [5.41, 5.74) is 0.470. The van der Waals surface area contributed by atoms with Crippen LogP contribution in [0.15, 0.2) is 17.8 Å². The van der Waals surface area contributed by atoms with Gasteiger partial charge in [-0.15, -0.1) is 11.3 Å². The Labute approximate surface area is 151 Å². The highest BCUT2D eigenvalue weighted by atomic mass is 32.1. The summed E-state index contributed by atoms with van der Waals surface area (Å²) in [6.07, 6.45) is 6.55. The molecule has 1 saturated carbocycles. The Kier molecular flexibility index (Phi) is 4.27. The summed E-state index contributed by atoms with van der Waals surface area (Å²) >= 11 is 1.52. The van der Waals surface area contributed by atoms with E-state index in [0.29, 0.717) is 37.0 Å². The lowest BCUT2D eigenvalue weighted by atomic mass is 10.0. The van der Waals surface area contributed by atoms with Gasteiger partial charge >= 0.3 is 0 Å². The Hall–Kier alpha value is -1.89. The van der Waals surface area contributed by atoms with Gasteiger partial charge in [0.15, 0.2) is 4.96 Å². The van der Waals surface area contributed by atoms with E-state index in [2.05, 4.69) is 18.8 Å². The maximum atomic E-state index is 13.0. The number of hydrogen-bond acceptors (Lipinski definition) is 4. The number of amides is 2. The molecule has 0 aromatic carbocycles. The molecule has 2 aromatic heterocycles. The minimum Gasteiger partial charge on any atom is -0.337 e. The number of imidazole rings is 1. The summed E-state index contributed by atoms with van der Waals surface area (Å²) < 4.78 is 1.88. The number of fused-ring (bicyclic) bond motifs is 1. The third kappa shape index (κ3) is 3.29. The standard InChI is InChI=1S/C18H24N4O2S/c1-12(2)15-11-20(6-5-16(23)22(15)9-13-3-4-13)17(24)14-10-21-7-8-25-18(21)19-14/h7-8,10,12-13,15H,3-6,9,11H2,1-2H3/t15-/m0/s1. The summed E-state index contributed by atoms with van der Waals surface area (Å²) in [7, 11) is 0. The molecular formula is C18H24N4O2S. The van der Waals surface area contributed by atoms with Crippen molar-refractivity contribution in [2.24, 2.45) is 11.8 Å². The number of nitrogens with zero attached hydrogens (tertiary/aromatic N) is 4. The van der Waals surface area contributed by atoms with Gasteiger partial charge in [-0.05, 0) is 24.7 Å². The van der Waals surface area contributed by atoms with Gasteiger partial charge in [-0.3, -0.25) is 14.0 Å². The van der Waals surface area contributed by atoms with E-state index in [9.17, 15) is 9.59 Å². The van der Waals surface area contributed by atoms with E-state index in [1.807, 2.05) is 25.8 Å². The Morgan fingerprint density at radius 1 is 1.40 bits per heavy atom. The number of rotatable bonds is 4. The number of hydrogen-bond donors (Lipinski definition) is 0. The monoisotopic (exact) mass is 360 g/mol. The average Bonchev–Trinajstić information content (AvgIpc) is 3.18. The van der Waals surface area contributed by atoms with Crippen LogP contribution in [-0.4, -0.2) is 56.7 Å². The Morgan fingerprint density at radius 3 is 2.88 bits per heavy atom. The lowest BCUT2D eigenvalue weighted by molar-refractivity contribution is -0.133. The number of carbonyl (C=O) groups is 2. The van der Waals surface area contributed by atoms with Crippen LogP contribution in [-0.2, 0) is 4.79 Å². The van der Waals surface area contributed by atoms with Crippen LogP contribution < -0.4 is 0 Å². The van der Waals surface area contributed by atoms with Crippen LogP contribution >= 0.6 is 11.3 Å². The molecule has 0 N–H and O–H groups in total. The second-order valence-corrected chi connectivity index (χ2v) is 8.39. The van der Waals surface area contributed by atoms with Crippen molar-refractivity contribution in [2.75, 3.05) is 19.6 Å². The van der Waals surface area contributed by atoms with E-state index in [-0.39, 0.29) is 17.9 Å². The largest absolute Gasteiger partial charge is 0.337 e. The highest BCUT2D eigenvalue weighted by molar-refractivity contribution is 7.15. The highest BCUT2D eigenvalue weighted by Gasteiger charge is 2.37. The summed E-state index contributed by atoms with van der Waals surface area (Å²) in [4.78, 5) is 34.8. The van der Waals surface area contributed by atoms with Crippen LogP contribution in [0.1, 0.15) is 43.6 Å². The lowest BCUT2D eigenvalue weighted by Crippen LogP contribution is -2.48. The summed E-state index contributed by atoms with van der Waals surface area (Å²) in [6.45, 7) is 6.20. The van der Waals surface area contributed by atoms with Gasteiger partial charge in [0.2, 0.25) is 5.91 Å². The molecular weight excluding hydrogens is 336 g/mol. The van der Waals surface area contributed by atoms with Crippen molar-refractivity contribution < 1.29 is 9.59 Å². The van der Waals surface area contributed by atoms with Gasteiger partial charge in [-0.25, -0.2) is 4.98 Å². The fourth-order valence-electron chi connectivity index (χ4n) is 3.54. The average molecular weight is 360 g/mol. The summed E-state index contributed by atoms with van der Waals surface area (Å²) in [6, 6.07) is 0.0864. The molecule has 1 aliphatic carbocycles. The Bertz CT molecular complexity index is 763. The van der Waals surface area contributed by atoms with Gasteiger partial charge in [-0.1, -0.05) is 13.8 Å². The molecule has 0 unspecified atom stereocenters. The second-order valence-electron chi connectivity index (χ2n) is 7.52. The first kappa shape index (κ1) is 16.6. The van der Waals surface area contributed by atoms with E-state index in [4.69, 9.17) is 0 Å². The van der Waals surface area contributed by atoms with Gasteiger partial charge < -0.3 is 9.80 Å². The predicted molar refractivity (Wildman–Crippen MR) is 96.7 cm³/mol. The minimum absolute atomic E-state index is 0.0670. The first-order valence-corrected chi connectivity index (χ1v) is 9.92. The fraction of sp³-hybridized carbons (Fsp3) is 0.611. The first-order valence-electron chi connectivity index (χ1n) is 9.04. The van der Waals surface area contributed by atoms with Crippen molar-refractivity contribution >= 4 is 28.1 Å². The molecule has 0 bridgehead atoms. The maximum Gasteiger partial charge on any atom is 0.274 e. The van der Waals surface area contributed by atoms with Gasteiger partial charge in [0.05, 0.1) is 6.04 Å². The zero-order chi connectivity index (χ0) is 17.6. The van der Waals surface area contributed by atoms with Crippen molar-refractivity contribution in [3.63, 3.8) is 0 Å². The topological polar surface area (TPSA) is 57.9 Å². The van der Waals surface area contributed by atoms with Crippen molar-refractivity contribution in [1.29, 1.82) is 0 Å². The molecule has 1 aliphatic heterocycles. The number of carbonyl (C=O) groups excluding carboxylic acids is 2. The molecule has 0 radical (unpaired) electrons. The molecule has 3 heterocycles. The van der Waals surface area contributed by atoms with Crippen LogP contribution in [0.3, 0.4) is 0 Å².